The Bertz CT molecular complexity index is 1130. The van der Waals surface area contributed by atoms with Gasteiger partial charge in [0, 0.05) is 5.69 Å². The topological polar surface area (TPSA) is 84.9 Å². The van der Waals surface area contributed by atoms with Gasteiger partial charge < -0.3 is 14.8 Å². The Balaban J connectivity index is 1.76. The molecule has 3 aromatic carbocycles. The Morgan fingerprint density at radius 1 is 0.906 bits per heavy atom. The molecule has 0 radical (unpaired) electrons. The third kappa shape index (κ3) is 6.01. The molecule has 7 nitrogen and oxygen atoms in total. The van der Waals surface area contributed by atoms with E-state index in [1.54, 1.807) is 55.5 Å². The molecule has 1 amide bonds. The van der Waals surface area contributed by atoms with E-state index in [2.05, 4.69) is 5.32 Å². The van der Waals surface area contributed by atoms with Gasteiger partial charge in [0.2, 0.25) is 15.9 Å². The minimum Gasteiger partial charge on any atom is -0.494 e. The molecule has 0 aromatic heterocycles. The zero-order valence-corrected chi connectivity index (χ0v) is 19.0. The summed E-state index contributed by atoms with van der Waals surface area (Å²) in [6, 6.07) is 21.7. The predicted octanol–water partition coefficient (Wildman–Crippen LogP) is 4.67. The first-order chi connectivity index (χ1) is 15.3. The summed E-state index contributed by atoms with van der Waals surface area (Å²) in [6.07, 6.45) is 1.07. The maximum Gasteiger partial charge on any atom is 0.247 e. The summed E-state index contributed by atoms with van der Waals surface area (Å²) in [5.74, 6) is 1.46. The molecule has 0 aliphatic carbocycles. The maximum absolute atomic E-state index is 12.8. The number of amides is 1. The van der Waals surface area contributed by atoms with Crippen molar-refractivity contribution in [2.24, 2.45) is 0 Å². The second-order valence-corrected chi connectivity index (χ2v) is 8.95. The van der Waals surface area contributed by atoms with Gasteiger partial charge in [0.15, 0.2) is 0 Å². The van der Waals surface area contributed by atoms with Crippen molar-refractivity contribution in [2.75, 3.05) is 22.5 Å². The van der Waals surface area contributed by atoms with Crippen LogP contribution in [0.2, 0.25) is 0 Å². The molecule has 0 aliphatic rings. The second kappa shape index (κ2) is 10.2. The van der Waals surface area contributed by atoms with Gasteiger partial charge in [-0.1, -0.05) is 18.2 Å². The molecule has 168 valence electrons. The van der Waals surface area contributed by atoms with Crippen LogP contribution in [0.4, 0.5) is 11.4 Å². The third-order valence-corrected chi connectivity index (χ3v) is 5.83. The number of ether oxygens (including phenoxy) is 2. The summed E-state index contributed by atoms with van der Waals surface area (Å²) in [4.78, 5) is 12.8. The van der Waals surface area contributed by atoms with Gasteiger partial charge in [-0.15, -0.1) is 0 Å². The lowest BCUT2D eigenvalue weighted by Gasteiger charge is -2.28. The van der Waals surface area contributed by atoms with E-state index in [0.29, 0.717) is 35.2 Å². The number of sulfonamides is 1. The Hall–Kier alpha value is -3.52. The van der Waals surface area contributed by atoms with Crippen LogP contribution in [-0.4, -0.2) is 33.2 Å². The summed E-state index contributed by atoms with van der Waals surface area (Å²) in [6.45, 7) is 3.97. The normalized spacial score (nSPS) is 12.0. The van der Waals surface area contributed by atoms with Crippen LogP contribution in [0, 0.1) is 0 Å². The Labute approximate surface area is 188 Å². The van der Waals surface area contributed by atoms with E-state index in [1.165, 1.54) is 0 Å². The molecule has 3 rings (SSSR count). The van der Waals surface area contributed by atoms with Crippen molar-refractivity contribution in [3.8, 4) is 17.2 Å². The summed E-state index contributed by atoms with van der Waals surface area (Å²) >= 11 is 0. The van der Waals surface area contributed by atoms with Crippen molar-refractivity contribution in [1.82, 2.24) is 0 Å². The molecular formula is C24H26N2O5S. The molecule has 8 heteroatoms. The first kappa shape index (κ1) is 23.1. The molecule has 32 heavy (non-hydrogen) atoms. The smallest absolute Gasteiger partial charge is 0.247 e. The lowest BCUT2D eigenvalue weighted by atomic mass is 10.2. The van der Waals surface area contributed by atoms with E-state index in [9.17, 15) is 13.2 Å². The molecule has 0 bridgehead atoms. The Morgan fingerprint density at radius 2 is 1.47 bits per heavy atom. The molecule has 0 heterocycles. The number of rotatable bonds is 9. The van der Waals surface area contributed by atoms with E-state index < -0.39 is 22.0 Å². The van der Waals surface area contributed by atoms with Crippen molar-refractivity contribution in [3.05, 3.63) is 78.9 Å². The number of benzene rings is 3. The van der Waals surface area contributed by atoms with E-state index in [4.69, 9.17) is 9.47 Å². The summed E-state index contributed by atoms with van der Waals surface area (Å²) in [7, 11) is -3.73. The number of carbonyl (C=O) groups is 1. The maximum atomic E-state index is 12.8. The van der Waals surface area contributed by atoms with Crippen molar-refractivity contribution >= 4 is 27.3 Å². The van der Waals surface area contributed by atoms with Crippen molar-refractivity contribution < 1.29 is 22.7 Å². The monoisotopic (exact) mass is 454 g/mol. The lowest BCUT2D eigenvalue weighted by Crippen LogP contribution is -2.45. The fourth-order valence-electron chi connectivity index (χ4n) is 3.14. The van der Waals surface area contributed by atoms with Crippen molar-refractivity contribution in [2.45, 2.75) is 19.9 Å². The number of anilines is 2. The van der Waals surface area contributed by atoms with Crippen LogP contribution in [0.1, 0.15) is 13.8 Å². The first-order valence-corrected chi connectivity index (χ1v) is 12.0. The minimum absolute atomic E-state index is 0.363. The number of carbonyl (C=O) groups excluding carboxylic acids is 1. The Morgan fingerprint density at radius 3 is 2.03 bits per heavy atom. The highest BCUT2D eigenvalue weighted by Gasteiger charge is 2.29. The third-order valence-electron chi connectivity index (χ3n) is 4.59. The molecule has 0 saturated carbocycles. The zero-order valence-electron chi connectivity index (χ0n) is 18.2. The number of nitrogens with zero attached hydrogens (tertiary/aromatic N) is 1. The Kier molecular flexibility index (Phi) is 7.37. The first-order valence-electron chi connectivity index (χ1n) is 10.1. The summed E-state index contributed by atoms with van der Waals surface area (Å²) < 4.78 is 37.3. The van der Waals surface area contributed by atoms with E-state index >= 15 is 0 Å². The highest BCUT2D eigenvalue weighted by atomic mass is 32.2. The van der Waals surface area contributed by atoms with Gasteiger partial charge in [0.25, 0.3) is 0 Å². The predicted molar refractivity (Wildman–Crippen MR) is 126 cm³/mol. The van der Waals surface area contributed by atoms with Gasteiger partial charge in [-0.2, -0.15) is 0 Å². The molecule has 0 spiro atoms. The fourth-order valence-corrected chi connectivity index (χ4v) is 4.32. The zero-order chi connectivity index (χ0) is 23.1. The van der Waals surface area contributed by atoms with Crippen LogP contribution in [0.5, 0.6) is 17.2 Å². The summed E-state index contributed by atoms with van der Waals surface area (Å²) in [5.41, 5.74) is 0.910. The van der Waals surface area contributed by atoms with E-state index in [0.717, 1.165) is 10.6 Å². The van der Waals surface area contributed by atoms with E-state index in [-0.39, 0.29) is 0 Å². The highest BCUT2D eigenvalue weighted by Crippen LogP contribution is 2.27. The quantitative estimate of drug-likeness (QED) is 0.508. The number of nitrogens with one attached hydrogen (secondary N) is 1. The van der Waals surface area contributed by atoms with Gasteiger partial charge in [-0.05, 0) is 74.5 Å². The largest absolute Gasteiger partial charge is 0.494 e. The molecule has 1 atom stereocenters. The van der Waals surface area contributed by atoms with Gasteiger partial charge in [-0.25, -0.2) is 8.42 Å². The van der Waals surface area contributed by atoms with E-state index in [1.807, 2.05) is 37.3 Å². The lowest BCUT2D eigenvalue weighted by molar-refractivity contribution is -0.116. The number of para-hydroxylation sites is 1. The molecule has 1 N–H and O–H groups in total. The van der Waals surface area contributed by atoms with Crippen LogP contribution in [0.3, 0.4) is 0 Å². The van der Waals surface area contributed by atoms with Gasteiger partial charge >= 0.3 is 0 Å². The van der Waals surface area contributed by atoms with Crippen LogP contribution in [-0.2, 0) is 14.8 Å². The van der Waals surface area contributed by atoms with Crippen LogP contribution < -0.4 is 19.1 Å². The van der Waals surface area contributed by atoms with Gasteiger partial charge in [0.05, 0.1) is 18.6 Å². The number of hydrogen-bond acceptors (Lipinski definition) is 5. The highest BCUT2D eigenvalue weighted by molar-refractivity contribution is 7.92. The molecular weight excluding hydrogens is 428 g/mol. The van der Waals surface area contributed by atoms with Crippen molar-refractivity contribution in [3.63, 3.8) is 0 Å². The average Bonchev–Trinajstić information content (AvgIpc) is 2.76. The fraction of sp³-hybridized carbons (Fsp3) is 0.208. The minimum atomic E-state index is -3.73. The van der Waals surface area contributed by atoms with Gasteiger partial charge in [0.1, 0.15) is 23.3 Å². The van der Waals surface area contributed by atoms with Crippen LogP contribution in [0.15, 0.2) is 78.9 Å². The van der Waals surface area contributed by atoms with Crippen LogP contribution in [0.25, 0.3) is 0 Å². The summed E-state index contributed by atoms with van der Waals surface area (Å²) in [5, 5.41) is 2.75. The molecule has 0 fully saturated rings. The van der Waals surface area contributed by atoms with Crippen molar-refractivity contribution in [1.29, 1.82) is 0 Å². The standard InChI is InChI=1S/C24H26N2O5S/c1-4-30-21-14-10-19(11-15-21)25-24(27)18(2)26(32(3,28)29)20-12-16-23(17-13-20)31-22-8-6-5-7-9-22/h5-18H,4H2,1-3H3,(H,25,27)/t18-/m0/s1. The average molecular weight is 455 g/mol. The number of hydrogen-bond donors (Lipinski definition) is 1. The molecule has 0 unspecified atom stereocenters. The van der Waals surface area contributed by atoms with Crippen LogP contribution >= 0.6 is 0 Å². The molecule has 0 aliphatic heterocycles. The SMILES string of the molecule is CCOc1ccc(NC(=O)[C@H](C)N(c2ccc(Oc3ccccc3)cc2)S(C)(=O)=O)cc1. The molecule has 3 aromatic rings. The van der Waals surface area contributed by atoms with Gasteiger partial charge in [-0.3, -0.25) is 9.10 Å². The molecule has 0 saturated heterocycles. The second-order valence-electron chi connectivity index (χ2n) is 7.09.